The summed E-state index contributed by atoms with van der Waals surface area (Å²) in [7, 11) is 0. The van der Waals surface area contributed by atoms with E-state index in [1.807, 2.05) is 0 Å². The van der Waals surface area contributed by atoms with Crippen molar-refractivity contribution in [3.63, 3.8) is 0 Å². The van der Waals surface area contributed by atoms with Crippen LogP contribution in [0.2, 0.25) is 0 Å². The van der Waals surface area contributed by atoms with Gasteiger partial charge in [0.15, 0.2) is 0 Å². The predicted molar refractivity (Wildman–Crippen MR) is 101 cm³/mol. The minimum atomic E-state index is 0.850. The summed E-state index contributed by atoms with van der Waals surface area (Å²) in [5.74, 6) is 5.84. The zero-order valence-electron chi connectivity index (χ0n) is 16.5. The quantitative estimate of drug-likeness (QED) is 0.324. The third-order valence-electron chi connectivity index (χ3n) is 6.63. The van der Waals surface area contributed by atoms with Crippen LogP contribution >= 0.6 is 0 Å². The van der Waals surface area contributed by atoms with Gasteiger partial charge in [-0.25, -0.2) is 0 Å². The third kappa shape index (κ3) is 7.05. The van der Waals surface area contributed by atoms with Crippen LogP contribution in [-0.4, -0.2) is 0 Å². The Balaban J connectivity index is 2.12. The maximum atomic E-state index is 2.49. The number of rotatable bonds is 12. The molecule has 0 saturated heterocycles. The number of hydrogen-bond acceptors (Lipinski definition) is 0. The van der Waals surface area contributed by atoms with E-state index in [2.05, 4.69) is 41.5 Å². The van der Waals surface area contributed by atoms with Crippen LogP contribution in [0.15, 0.2) is 0 Å². The first-order chi connectivity index (χ1) is 10.5. The van der Waals surface area contributed by atoms with Crippen LogP contribution in [0.3, 0.4) is 0 Å². The highest BCUT2D eigenvalue weighted by molar-refractivity contribution is 4.82. The molecule has 1 aliphatic rings. The van der Waals surface area contributed by atoms with Crippen molar-refractivity contribution in [2.24, 2.45) is 35.5 Å². The molecule has 0 aromatic heterocycles. The molecule has 0 nitrogen and oxygen atoms in total. The van der Waals surface area contributed by atoms with Gasteiger partial charge < -0.3 is 0 Å². The lowest BCUT2D eigenvalue weighted by molar-refractivity contribution is 0.132. The minimum Gasteiger partial charge on any atom is -0.0654 e. The smallest absolute Gasteiger partial charge is 0.0389 e. The molecule has 3 atom stereocenters. The molecule has 0 aromatic carbocycles. The summed E-state index contributed by atoms with van der Waals surface area (Å²) in [4.78, 5) is 0. The first-order valence-electron chi connectivity index (χ1n) is 10.5. The molecule has 0 N–H and O–H groups in total. The van der Waals surface area contributed by atoms with Crippen LogP contribution in [0, 0.1) is 35.5 Å². The maximum Gasteiger partial charge on any atom is -0.0389 e. The van der Waals surface area contributed by atoms with Crippen molar-refractivity contribution in [1.29, 1.82) is 0 Å². The van der Waals surface area contributed by atoms with E-state index >= 15 is 0 Å². The molecule has 1 rings (SSSR count). The van der Waals surface area contributed by atoms with E-state index in [0.29, 0.717) is 0 Å². The largest absolute Gasteiger partial charge is 0.0654 e. The first kappa shape index (κ1) is 20.0. The fourth-order valence-electron chi connectivity index (χ4n) is 4.56. The molecular weight excluding hydrogens is 264 g/mol. The van der Waals surface area contributed by atoms with Gasteiger partial charge in [0.25, 0.3) is 0 Å². The second-order valence-corrected chi connectivity index (χ2v) is 8.89. The normalized spacial score (nSPS) is 25.8. The van der Waals surface area contributed by atoms with Gasteiger partial charge in [0.1, 0.15) is 0 Å². The lowest BCUT2D eigenvalue weighted by Crippen LogP contribution is -2.27. The Bertz CT molecular complexity index is 261. The van der Waals surface area contributed by atoms with Crippen LogP contribution in [-0.2, 0) is 0 Å². The molecule has 0 heterocycles. The minimum absolute atomic E-state index is 0.850. The van der Waals surface area contributed by atoms with Gasteiger partial charge in [-0.15, -0.1) is 0 Å². The van der Waals surface area contributed by atoms with Crippen molar-refractivity contribution in [2.75, 3.05) is 0 Å². The molecule has 132 valence electrons. The van der Waals surface area contributed by atoms with Gasteiger partial charge in [0.2, 0.25) is 0 Å². The predicted octanol–water partition coefficient (Wildman–Crippen LogP) is 7.72. The summed E-state index contributed by atoms with van der Waals surface area (Å²) >= 11 is 0. The molecule has 0 aliphatic heterocycles. The standard InChI is InChI=1S/C22H44/c1-7-9-10-11-18(5)14-21-15-20(16-21)12-13-22(8-2)19(6)17(3)4/h17-22H,7-16H2,1-6H3. The number of hydrogen-bond donors (Lipinski definition) is 0. The Kier molecular flexibility index (Phi) is 9.76. The molecule has 0 spiro atoms. The average Bonchev–Trinajstić information content (AvgIpc) is 2.44. The van der Waals surface area contributed by atoms with E-state index in [0.717, 1.165) is 35.5 Å². The Labute approximate surface area is 141 Å². The zero-order valence-corrected chi connectivity index (χ0v) is 16.5. The van der Waals surface area contributed by atoms with Crippen molar-refractivity contribution in [3.05, 3.63) is 0 Å². The van der Waals surface area contributed by atoms with Gasteiger partial charge >= 0.3 is 0 Å². The molecule has 22 heavy (non-hydrogen) atoms. The van der Waals surface area contributed by atoms with E-state index in [9.17, 15) is 0 Å². The summed E-state index contributed by atoms with van der Waals surface area (Å²) in [6.07, 6.45) is 14.7. The Morgan fingerprint density at radius 2 is 1.55 bits per heavy atom. The Morgan fingerprint density at radius 3 is 2.09 bits per heavy atom. The number of unbranched alkanes of at least 4 members (excludes halogenated alkanes) is 2. The molecule has 3 unspecified atom stereocenters. The van der Waals surface area contributed by atoms with Gasteiger partial charge in [-0.1, -0.05) is 80.1 Å². The molecule has 0 radical (unpaired) electrons. The second kappa shape index (κ2) is 10.7. The molecular formula is C22H44. The summed E-state index contributed by atoms with van der Waals surface area (Å²) in [6.45, 7) is 14.5. The zero-order chi connectivity index (χ0) is 16.5. The maximum absolute atomic E-state index is 2.49. The van der Waals surface area contributed by atoms with Gasteiger partial charge in [-0.3, -0.25) is 0 Å². The van der Waals surface area contributed by atoms with Crippen molar-refractivity contribution in [3.8, 4) is 0 Å². The highest BCUT2D eigenvalue weighted by atomic mass is 14.4. The van der Waals surface area contributed by atoms with Crippen LogP contribution in [0.5, 0.6) is 0 Å². The second-order valence-electron chi connectivity index (χ2n) is 8.89. The van der Waals surface area contributed by atoms with Crippen molar-refractivity contribution < 1.29 is 0 Å². The summed E-state index contributed by atoms with van der Waals surface area (Å²) in [5, 5.41) is 0. The van der Waals surface area contributed by atoms with Crippen LogP contribution < -0.4 is 0 Å². The van der Waals surface area contributed by atoms with E-state index in [1.54, 1.807) is 12.8 Å². The Hall–Kier alpha value is 0. The Morgan fingerprint density at radius 1 is 0.864 bits per heavy atom. The fraction of sp³-hybridized carbons (Fsp3) is 1.00. The lowest BCUT2D eigenvalue weighted by Gasteiger charge is -2.38. The highest BCUT2D eigenvalue weighted by Crippen LogP contribution is 2.42. The van der Waals surface area contributed by atoms with Gasteiger partial charge in [-0.2, -0.15) is 0 Å². The monoisotopic (exact) mass is 308 g/mol. The molecule has 0 amide bonds. The van der Waals surface area contributed by atoms with Crippen molar-refractivity contribution in [2.45, 2.75) is 106 Å². The van der Waals surface area contributed by atoms with Gasteiger partial charge in [0.05, 0.1) is 0 Å². The third-order valence-corrected chi connectivity index (χ3v) is 6.63. The fourth-order valence-corrected chi connectivity index (χ4v) is 4.56. The molecule has 1 aliphatic carbocycles. The molecule has 1 fully saturated rings. The van der Waals surface area contributed by atoms with Crippen molar-refractivity contribution >= 4 is 0 Å². The molecule has 1 saturated carbocycles. The molecule has 0 bridgehead atoms. The molecule has 0 aromatic rings. The van der Waals surface area contributed by atoms with Crippen LogP contribution in [0.25, 0.3) is 0 Å². The average molecular weight is 309 g/mol. The van der Waals surface area contributed by atoms with E-state index in [4.69, 9.17) is 0 Å². The SMILES string of the molecule is CCCCCC(C)CC1CC(CCC(CC)C(C)C(C)C)C1. The summed E-state index contributed by atoms with van der Waals surface area (Å²) in [6, 6.07) is 0. The summed E-state index contributed by atoms with van der Waals surface area (Å²) < 4.78 is 0. The molecule has 0 heteroatoms. The highest BCUT2D eigenvalue weighted by Gasteiger charge is 2.30. The van der Waals surface area contributed by atoms with Gasteiger partial charge in [0, 0.05) is 0 Å². The van der Waals surface area contributed by atoms with E-state index < -0.39 is 0 Å². The van der Waals surface area contributed by atoms with E-state index in [1.165, 1.54) is 51.4 Å². The topological polar surface area (TPSA) is 0 Å². The van der Waals surface area contributed by atoms with Crippen LogP contribution in [0.4, 0.5) is 0 Å². The van der Waals surface area contributed by atoms with E-state index in [-0.39, 0.29) is 0 Å². The van der Waals surface area contributed by atoms with Gasteiger partial charge in [-0.05, 0) is 61.2 Å². The van der Waals surface area contributed by atoms with Crippen LogP contribution in [0.1, 0.15) is 106 Å². The first-order valence-corrected chi connectivity index (χ1v) is 10.5. The van der Waals surface area contributed by atoms with Crippen molar-refractivity contribution in [1.82, 2.24) is 0 Å². The summed E-state index contributed by atoms with van der Waals surface area (Å²) in [5.41, 5.74) is 0. The lowest BCUT2D eigenvalue weighted by atomic mass is 9.67.